The van der Waals surface area contributed by atoms with Crippen molar-refractivity contribution < 1.29 is 28.6 Å². The van der Waals surface area contributed by atoms with E-state index in [0.29, 0.717) is 35.8 Å². The van der Waals surface area contributed by atoms with E-state index in [9.17, 15) is 14.4 Å². The summed E-state index contributed by atoms with van der Waals surface area (Å²) in [5.74, 6) is -0.570. The molecule has 0 saturated carbocycles. The van der Waals surface area contributed by atoms with E-state index in [2.05, 4.69) is 5.32 Å². The molecule has 28 heavy (non-hydrogen) atoms. The fraction of sp³-hybridized carbons (Fsp3) is 0.190. The van der Waals surface area contributed by atoms with Gasteiger partial charge in [-0.15, -0.1) is 0 Å². The minimum atomic E-state index is -0.801. The second kappa shape index (κ2) is 8.85. The lowest BCUT2D eigenvalue weighted by Gasteiger charge is -2.18. The van der Waals surface area contributed by atoms with Gasteiger partial charge < -0.3 is 19.5 Å². The Bertz CT molecular complexity index is 920. The Hall–Kier alpha value is -3.61. The number of benzene rings is 2. The van der Waals surface area contributed by atoms with Crippen LogP contribution in [0.2, 0.25) is 0 Å². The molecule has 1 amide bonds. The van der Waals surface area contributed by atoms with E-state index in [1.54, 1.807) is 42.5 Å². The third-order valence-corrected chi connectivity index (χ3v) is 3.84. The first-order chi connectivity index (χ1) is 13.5. The van der Waals surface area contributed by atoms with Gasteiger partial charge >= 0.3 is 5.97 Å². The van der Waals surface area contributed by atoms with Crippen molar-refractivity contribution in [3.63, 3.8) is 0 Å². The third kappa shape index (κ3) is 4.97. The summed E-state index contributed by atoms with van der Waals surface area (Å²) in [5.41, 5.74) is 1.00. The predicted molar refractivity (Wildman–Crippen MR) is 101 cm³/mol. The summed E-state index contributed by atoms with van der Waals surface area (Å²) in [4.78, 5) is 36.1. The highest BCUT2D eigenvalue weighted by Crippen LogP contribution is 2.30. The Morgan fingerprint density at radius 1 is 1.04 bits per heavy atom. The van der Waals surface area contributed by atoms with Crippen molar-refractivity contribution in [1.29, 1.82) is 0 Å². The monoisotopic (exact) mass is 381 g/mol. The van der Waals surface area contributed by atoms with E-state index in [0.717, 1.165) is 0 Å². The highest BCUT2D eigenvalue weighted by molar-refractivity contribution is 6.01. The molecule has 0 bridgehead atoms. The molecule has 2 aromatic rings. The molecule has 0 aromatic heterocycles. The van der Waals surface area contributed by atoms with Crippen molar-refractivity contribution in [2.24, 2.45) is 0 Å². The first kappa shape index (κ1) is 19.2. The molecule has 1 heterocycles. The van der Waals surface area contributed by atoms with Crippen molar-refractivity contribution in [3.8, 4) is 11.5 Å². The van der Waals surface area contributed by atoms with E-state index in [1.807, 2.05) is 6.07 Å². The summed E-state index contributed by atoms with van der Waals surface area (Å²) in [6.45, 7) is 1.68. The molecule has 0 spiro atoms. The molecule has 0 unspecified atom stereocenters. The van der Waals surface area contributed by atoms with E-state index in [4.69, 9.17) is 14.2 Å². The van der Waals surface area contributed by atoms with E-state index < -0.39 is 24.3 Å². The van der Waals surface area contributed by atoms with E-state index in [-0.39, 0.29) is 5.70 Å². The van der Waals surface area contributed by atoms with Gasteiger partial charge in [-0.2, -0.15) is 0 Å². The Kier molecular flexibility index (Phi) is 6.06. The van der Waals surface area contributed by atoms with Crippen molar-refractivity contribution in [3.05, 3.63) is 65.4 Å². The first-order valence-corrected chi connectivity index (χ1v) is 8.67. The number of hydrogen-bond acceptors (Lipinski definition) is 6. The summed E-state index contributed by atoms with van der Waals surface area (Å²) in [6, 6.07) is 13.8. The molecule has 144 valence electrons. The van der Waals surface area contributed by atoms with Crippen LogP contribution >= 0.6 is 0 Å². The first-order valence-electron chi connectivity index (χ1n) is 8.67. The van der Waals surface area contributed by atoms with Gasteiger partial charge in [0.1, 0.15) is 18.9 Å². The molecule has 7 nitrogen and oxygen atoms in total. The number of ketones is 1. The van der Waals surface area contributed by atoms with Crippen molar-refractivity contribution in [2.45, 2.75) is 6.92 Å². The number of carbonyl (C=O) groups is 3. The van der Waals surface area contributed by atoms with Crippen LogP contribution in [0.5, 0.6) is 11.5 Å². The maximum Gasteiger partial charge on any atom is 0.355 e. The molecule has 1 N–H and O–H groups in total. The number of hydrogen-bond donors (Lipinski definition) is 1. The minimum absolute atomic E-state index is 0.0475. The Balaban J connectivity index is 1.67. The fourth-order valence-corrected chi connectivity index (χ4v) is 2.56. The van der Waals surface area contributed by atoms with Crippen LogP contribution in [0.3, 0.4) is 0 Å². The lowest BCUT2D eigenvalue weighted by Crippen LogP contribution is -2.27. The van der Waals surface area contributed by atoms with Gasteiger partial charge in [0.2, 0.25) is 5.91 Å². The van der Waals surface area contributed by atoms with Gasteiger partial charge in [0.25, 0.3) is 0 Å². The molecule has 7 heteroatoms. The van der Waals surface area contributed by atoms with Gasteiger partial charge in [-0.3, -0.25) is 9.59 Å². The number of ether oxygens (including phenoxy) is 3. The summed E-state index contributed by atoms with van der Waals surface area (Å²) in [5, 5.41) is 2.43. The van der Waals surface area contributed by atoms with Crippen LogP contribution < -0.4 is 14.8 Å². The number of esters is 1. The maximum absolute atomic E-state index is 12.4. The number of fused-ring (bicyclic) bond motifs is 1. The van der Waals surface area contributed by atoms with E-state index >= 15 is 0 Å². The third-order valence-electron chi connectivity index (χ3n) is 3.84. The number of amides is 1. The number of carbonyl (C=O) groups excluding carboxylic acids is 3. The Labute approximate surface area is 161 Å². The molecule has 0 fully saturated rings. The number of nitrogens with one attached hydrogen (secondary N) is 1. The predicted octanol–water partition coefficient (Wildman–Crippen LogP) is 2.36. The van der Waals surface area contributed by atoms with Crippen LogP contribution in [0.15, 0.2) is 54.2 Å². The van der Waals surface area contributed by atoms with Crippen LogP contribution in [-0.2, 0) is 14.3 Å². The zero-order valence-electron chi connectivity index (χ0n) is 15.3. The van der Waals surface area contributed by atoms with Crippen LogP contribution in [0.25, 0.3) is 6.08 Å². The zero-order valence-corrected chi connectivity index (χ0v) is 15.3. The van der Waals surface area contributed by atoms with Gasteiger partial charge in [-0.1, -0.05) is 30.3 Å². The average Bonchev–Trinajstić information content (AvgIpc) is 2.71. The molecular formula is C21H19NO6. The fourth-order valence-electron chi connectivity index (χ4n) is 2.56. The molecule has 3 rings (SSSR count). The molecule has 0 aliphatic carbocycles. The standard InChI is InChI=1S/C21H19NO6/c1-14(23)22-17(11-15-5-3-2-4-6-15)21(25)28-13-18(24)16-7-8-19-20(12-16)27-10-9-26-19/h2-8,11-12H,9-10,13H2,1H3,(H,22,23). The van der Waals surface area contributed by atoms with Gasteiger partial charge in [-0.05, 0) is 29.8 Å². The molecule has 1 aliphatic rings. The van der Waals surface area contributed by atoms with Crippen molar-refractivity contribution >= 4 is 23.7 Å². The Morgan fingerprint density at radius 2 is 1.75 bits per heavy atom. The van der Waals surface area contributed by atoms with Crippen LogP contribution in [-0.4, -0.2) is 37.5 Å². The lowest BCUT2D eigenvalue weighted by atomic mass is 10.1. The van der Waals surface area contributed by atoms with Gasteiger partial charge in [-0.25, -0.2) is 4.79 Å². The van der Waals surface area contributed by atoms with Crippen LogP contribution in [0, 0.1) is 0 Å². The average molecular weight is 381 g/mol. The second-order valence-corrected chi connectivity index (χ2v) is 6.01. The molecule has 0 atom stereocenters. The zero-order chi connectivity index (χ0) is 19.9. The minimum Gasteiger partial charge on any atom is -0.486 e. The molecule has 2 aromatic carbocycles. The second-order valence-electron chi connectivity index (χ2n) is 6.01. The highest BCUT2D eigenvalue weighted by Gasteiger charge is 2.18. The van der Waals surface area contributed by atoms with Gasteiger partial charge in [0.15, 0.2) is 23.9 Å². The van der Waals surface area contributed by atoms with Gasteiger partial charge in [0, 0.05) is 12.5 Å². The number of rotatable bonds is 6. The summed E-state index contributed by atoms with van der Waals surface area (Å²) in [6.07, 6.45) is 1.48. The summed E-state index contributed by atoms with van der Waals surface area (Å²) in [7, 11) is 0. The van der Waals surface area contributed by atoms with Crippen LogP contribution in [0.4, 0.5) is 0 Å². The molecule has 1 aliphatic heterocycles. The van der Waals surface area contributed by atoms with Crippen molar-refractivity contribution in [2.75, 3.05) is 19.8 Å². The topological polar surface area (TPSA) is 90.9 Å². The van der Waals surface area contributed by atoms with Crippen LogP contribution in [0.1, 0.15) is 22.8 Å². The number of Topliss-reactive ketones (excluding diaryl/α,β-unsaturated/α-hetero) is 1. The largest absolute Gasteiger partial charge is 0.486 e. The normalized spacial score (nSPS) is 12.8. The molecule has 0 radical (unpaired) electrons. The maximum atomic E-state index is 12.4. The van der Waals surface area contributed by atoms with Crippen molar-refractivity contribution in [1.82, 2.24) is 5.32 Å². The molecule has 0 saturated heterocycles. The SMILES string of the molecule is CC(=O)NC(=Cc1ccccc1)C(=O)OCC(=O)c1ccc2c(c1)OCCO2. The smallest absolute Gasteiger partial charge is 0.355 e. The van der Waals surface area contributed by atoms with Gasteiger partial charge in [0.05, 0.1) is 0 Å². The Morgan fingerprint density at radius 3 is 2.46 bits per heavy atom. The van der Waals surface area contributed by atoms with E-state index in [1.165, 1.54) is 13.0 Å². The highest BCUT2D eigenvalue weighted by atomic mass is 16.6. The molecular weight excluding hydrogens is 362 g/mol. The summed E-state index contributed by atoms with van der Waals surface area (Å²) < 4.78 is 16.0. The summed E-state index contributed by atoms with van der Waals surface area (Å²) >= 11 is 0. The lowest BCUT2D eigenvalue weighted by molar-refractivity contribution is -0.139. The quantitative estimate of drug-likeness (QED) is 0.469.